The van der Waals surface area contributed by atoms with Crippen LogP contribution in [-0.2, 0) is 22.9 Å². The van der Waals surface area contributed by atoms with E-state index in [0.717, 1.165) is 17.3 Å². The van der Waals surface area contributed by atoms with Gasteiger partial charge in [0.15, 0.2) is 0 Å². The zero-order valence-electron chi connectivity index (χ0n) is 12.6. The Balaban J connectivity index is 1.92. The molecule has 0 amide bonds. The maximum absolute atomic E-state index is 13.9. The van der Waals surface area contributed by atoms with E-state index in [9.17, 15) is 12.8 Å². The van der Waals surface area contributed by atoms with Crippen LogP contribution in [0.3, 0.4) is 0 Å². The van der Waals surface area contributed by atoms with Gasteiger partial charge >= 0.3 is 0 Å². The second-order valence-electron chi connectivity index (χ2n) is 5.14. The van der Waals surface area contributed by atoms with Crippen LogP contribution in [0, 0.1) is 5.82 Å². The van der Waals surface area contributed by atoms with Crippen molar-refractivity contribution in [2.45, 2.75) is 17.7 Å². The summed E-state index contributed by atoms with van der Waals surface area (Å²) in [5, 5.41) is 0. The molecular formula is C15H16FN3O3S. The normalized spacial score (nSPS) is 15.7. The lowest BCUT2D eigenvalue weighted by Crippen LogP contribution is -2.33. The highest BCUT2D eigenvalue weighted by atomic mass is 32.2. The van der Waals surface area contributed by atoms with Crippen molar-refractivity contribution in [3.8, 4) is 5.88 Å². The minimum Gasteiger partial charge on any atom is -0.481 e. The van der Waals surface area contributed by atoms with Gasteiger partial charge in [0.2, 0.25) is 15.9 Å². The van der Waals surface area contributed by atoms with Crippen LogP contribution in [-0.4, -0.2) is 42.9 Å². The van der Waals surface area contributed by atoms with E-state index in [1.807, 2.05) is 0 Å². The topological polar surface area (TPSA) is 72.4 Å². The zero-order chi connectivity index (χ0) is 16.4. The second-order valence-corrected chi connectivity index (χ2v) is 7.05. The van der Waals surface area contributed by atoms with Gasteiger partial charge in [0, 0.05) is 25.1 Å². The van der Waals surface area contributed by atoms with E-state index < -0.39 is 15.8 Å². The summed E-state index contributed by atoms with van der Waals surface area (Å²) < 4.78 is 45.7. The fourth-order valence-corrected chi connectivity index (χ4v) is 4.19. The van der Waals surface area contributed by atoms with Gasteiger partial charge < -0.3 is 4.74 Å². The molecule has 0 N–H and O–H groups in total. The number of sulfonamides is 1. The van der Waals surface area contributed by atoms with Gasteiger partial charge in [-0.1, -0.05) is 12.1 Å². The molecule has 0 atom stereocenters. The number of benzene rings is 1. The SMILES string of the molecule is COc1ncnc2c1CCN(S(=O)(=O)c1ccccc1F)CC2. The lowest BCUT2D eigenvalue weighted by atomic mass is 10.1. The summed E-state index contributed by atoms with van der Waals surface area (Å²) in [5.74, 6) is -0.285. The lowest BCUT2D eigenvalue weighted by Gasteiger charge is -2.20. The number of rotatable bonds is 3. The quantitative estimate of drug-likeness (QED) is 0.847. The summed E-state index contributed by atoms with van der Waals surface area (Å²) in [6.07, 6.45) is 2.26. The van der Waals surface area contributed by atoms with Crippen LogP contribution in [0.4, 0.5) is 4.39 Å². The molecule has 6 nitrogen and oxygen atoms in total. The van der Waals surface area contributed by atoms with Crippen molar-refractivity contribution in [1.82, 2.24) is 14.3 Å². The predicted octanol–water partition coefficient (Wildman–Crippen LogP) is 1.41. The molecule has 1 aliphatic heterocycles. The number of aromatic nitrogens is 2. The maximum Gasteiger partial charge on any atom is 0.246 e. The van der Waals surface area contributed by atoms with E-state index in [2.05, 4.69) is 9.97 Å². The van der Waals surface area contributed by atoms with Gasteiger partial charge in [-0.05, 0) is 18.6 Å². The van der Waals surface area contributed by atoms with Gasteiger partial charge in [0.05, 0.1) is 12.8 Å². The zero-order valence-corrected chi connectivity index (χ0v) is 13.4. The minimum absolute atomic E-state index is 0.230. The fourth-order valence-electron chi connectivity index (χ4n) is 2.69. The van der Waals surface area contributed by atoms with Crippen molar-refractivity contribution in [2.24, 2.45) is 0 Å². The highest BCUT2D eigenvalue weighted by molar-refractivity contribution is 7.89. The van der Waals surface area contributed by atoms with Crippen LogP contribution in [0.2, 0.25) is 0 Å². The Morgan fingerprint density at radius 2 is 1.91 bits per heavy atom. The van der Waals surface area contributed by atoms with Crippen LogP contribution in [0.15, 0.2) is 35.5 Å². The molecule has 0 saturated carbocycles. The molecule has 2 heterocycles. The van der Waals surface area contributed by atoms with E-state index in [1.54, 1.807) is 0 Å². The molecule has 0 radical (unpaired) electrons. The van der Waals surface area contributed by atoms with Gasteiger partial charge in [-0.15, -0.1) is 0 Å². The Labute approximate surface area is 134 Å². The molecule has 0 fully saturated rings. The first kappa shape index (κ1) is 15.8. The van der Waals surface area contributed by atoms with Crippen LogP contribution in [0.5, 0.6) is 5.88 Å². The molecule has 0 bridgehead atoms. The average Bonchev–Trinajstić information content (AvgIpc) is 2.78. The average molecular weight is 337 g/mol. The van der Waals surface area contributed by atoms with Crippen LogP contribution in [0.25, 0.3) is 0 Å². The van der Waals surface area contributed by atoms with E-state index >= 15 is 0 Å². The number of fused-ring (bicyclic) bond motifs is 1. The number of hydrogen-bond acceptors (Lipinski definition) is 5. The Kier molecular flexibility index (Phi) is 4.27. The summed E-state index contributed by atoms with van der Waals surface area (Å²) in [5.41, 5.74) is 1.57. The van der Waals surface area contributed by atoms with E-state index in [4.69, 9.17) is 4.74 Å². The van der Waals surface area contributed by atoms with E-state index in [0.29, 0.717) is 18.7 Å². The summed E-state index contributed by atoms with van der Waals surface area (Å²) >= 11 is 0. The van der Waals surface area contributed by atoms with Gasteiger partial charge in [-0.2, -0.15) is 4.31 Å². The van der Waals surface area contributed by atoms with E-state index in [1.165, 1.54) is 35.9 Å². The third-order valence-corrected chi connectivity index (χ3v) is 5.78. The minimum atomic E-state index is -3.88. The first-order valence-electron chi connectivity index (χ1n) is 7.15. The van der Waals surface area contributed by atoms with Crippen molar-refractivity contribution in [2.75, 3.05) is 20.2 Å². The molecule has 1 aromatic carbocycles. The van der Waals surface area contributed by atoms with Crippen molar-refractivity contribution in [3.05, 3.63) is 47.7 Å². The number of halogens is 1. The first-order valence-corrected chi connectivity index (χ1v) is 8.59. The van der Waals surface area contributed by atoms with Gasteiger partial charge in [-0.25, -0.2) is 22.8 Å². The number of methoxy groups -OCH3 is 1. The number of hydrogen-bond donors (Lipinski definition) is 0. The number of ether oxygens (including phenoxy) is 1. The smallest absolute Gasteiger partial charge is 0.246 e. The molecule has 8 heteroatoms. The summed E-state index contributed by atoms with van der Waals surface area (Å²) in [4.78, 5) is 7.96. The molecule has 3 rings (SSSR count). The molecular weight excluding hydrogens is 321 g/mol. The van der Waals surface area contributed by atoms with Crippen molar-refractivity contribution in [1.29, 1.82) is 0 Å². The third-order valence-electron chi connectivity index (χ3n) is 3.85. The maximum atomic E-state index is 13.9. The summed E-state index contributed by atoms with van der Waals surface area (Å²) in [6.45, 7) is 0.469. The highest BCUT2D eigenvalue weighted by Gasteiger charge is 2.30. The monoisotopic (exact) mass is 337 g/mol. The molecule has 0 aliphatic carbocycles. The Morgan fingerprint density at radius 3 is 2.65 bits per heavy atom. The Morgan fingerprint density at radius 1 is 1.17 bits per heavy atom. The van der Waals surface area contributed by atoms with Crippen molar-refractivity contribution in [3.63, 3.8) is 0 Å². The van der Waals surface area contributed by atoms with Crippen LogP contribution < -0.4 is 4.74 Å². The third kappa shape index (κ3) is 2.91. The summed E-state index contributed by atoms with van der Waals surface area (Å²) in [7, 11) is -2.37. The standard InChI is InChI=1S/C15H16FN3O3S/c1-22-15-11-6-8-19(9-7-13(11)17-10-18-15)23(20,21)14-5-3-2-4-12(14)16/h2-5,10H,6-9H2,1H3. The molecule has 23 heavy (non-hydrogen) atoms. The Bertz CT molecular complexity index is 826. The van der Waals surface area contributed by atoms with Gasteiger partial charge in [0.25, 0.3) is 0 Å². The summed E-state index contributed by atoms with van der Waals surface area (Å²) in [6, 6.07) is 5.40. The molecule has 0 saturated heterocycles. The van der Waals surface area contributed by atoms with Crippen molar-refractivity contribution >= 4 is 10.0 Å². The molecule has 2 aromatic rings. The molecule has 122 valence electrons. The van der Waals surface area contributed by atoms with E-state index in [-0.39, 0.29) is 18.0 Å². The number of nitrogens with zero attached hydrogens (tertiary/aromatic N) is 3. The van der Waals surface area contributed by atoms with Crippen molar-refractivity contribution < 1.29 is 17.5 Å². The Hall–Kier alpha value is -2.06. The largest absolute Gasteiger partial charge is 0.481 e. The first-order chi connectivity index (χ1) is 11.0. The predicted molar refractivity (Wildman–Crippen MR) is 81.2 cm³/mol. The van der Waals surface area contributed by atoms with Gasteiger partial charge in [0.1, 0.15) is 17.0 Å². The van der Waals surface area contributed by atoms with Crippen LogP contribution >= 0.6 is 0 Å². The molecule has 0 spiro atoms. The molecule has 1 aliphatic rings. The molecule has 0 unspecified atom stereocenters. The lowest BCUT2D eigenvalue weighted by molar-refractivity contribution is 0.388. The highest BCUT2D eigenvalue weighted by Crippen LogP contribution is 2.25. The second kappa shape index (κ2) is 6.21. The van der Waals surface area contributed by atoms with Gasteiger partial charge in [-0.3, -0.25) is 0 Å². The van der Waals surface area contributed by atoms with Crippen LogP contribution in [0.1, 0.15) is 11.3 Å². The fraction of sp³-hybridized carbons (Fsp3) is 0.333. The molecule has 1 aromatic heterocycles.